The molecule has 106 valence electrons. The SMILES string of the molecule is CCOc1ccnc(N(CC)C2CCC(N)CC2)n1. The second kappa shape index (κ2) is 6.70. The Kier molecular flexibility index (Phi) is 4.96. The molecule has 0 bridgehead atoms. The third-order valence-electron chi connectivity index (χ3n) is 3.69. The fourth-order valence-corrected chi connectivity index (χ4v) is 2.68. The zero-order valence-electron chi connectivity index (χ0n) is 11.9. The van der Waals surface area contributed by atoms with Crippen molar-refractivity contribution in [2.45, 2.75) is 51.6 Å². The quantitative estimate of drug-likeness (QED) is 0.881. The van der Waals surface area contributed by atoms with E-state index in [0.717, 1.165) is 38.2 Å². The highest BCUT2D eigenvalue weighted by Gasteiger charge is 2.25. The van der Waals surface area contributed by atoms with Crippen molar-refractivity contribution in [2.75, 3.05) is 18.1 Å². The molecule has 1 aromatic heterocycles. The summed E-state index contributed by atoms with van der Waals surface area (Å²) in [5, 5.41) is 0. The highest BCUT2D eigenvalue weighted by molar-refractivity contribution is 5.33. The van der Waals surface area contributed by atoms with E-state index in [1.54, 1.807) is 12.3 Å². The van der Waals surface area contributed by atoms with Crippen LogP contribution in [0, 0.1) is 0 Å². The highest BCUT2D eigenvalue weighted by atomic mass is 16.5. The average molecular weight is 264 g/mol. The highest BCUT2D eigenvalue weighted by Crippen LogP contribution is 2.25. The van der Waals surface area contributed by atoms with Crippen molar-refractivity contribution in [1.29, 1.82) is 0 Å². The number of nitrogens with two attached hydrogens (primary N) is 1. The standard InChI is InChI=1S/C14H24N4O/c1-3-18(12-7-5-11(15)6-8-12)14-16-10-9-13(17-14)19-4-2/h9-12H,3-8,15H2,1-2H3. The third-order valence-corrected chi connectivity index (χ3v) is 3.69. The molecule has 1 aliphatic rings. The maximum Gasteiger partial charge on any atom is 0.228 e. The van der Waals surface area contributed by atoms with Crippen molar-refractivity contribution >= 4 is 5.95 Å². The molecule has 2 N–H and O–H groups in total. The summed E-state index contributed by atoms with van der Waals surface area (Å²) in [5.74, 6) is 1.42. The minimum Gasteiger partial charge on any atom is -0.478 e. The Balaban J connectivity index is 2.10. The minimum absolute atomic E-state index is 0.366. The summed E-state index contributed by atoms with van der Waals surface area (Å²) in [6.07, 6.45) is 6.19. The van der Waals surface area contributed by atoms with E-state index in [1.165, 1.54) is 0 Å². The topological polar surface area (TPSA) is 64.3 Å². The molecule has 0 spiro atoms. The van der Waals surface area contributed by atoms with Crippen molar-refractivity contribution in [3.05, 3.63) is 12.3 Å². The van der Waals surface area contributed by atoms with Gasteiger partial charge >= 0.3 is 0 Å². The Morgan fingerprint density at radius 3 is 2.68 bits per heavy atom. The summed E-state index contributed by atoms with van der Waals surface area (Å²) in [6, 6.07) is 2.67. The van der Waals surface area contributed by atoms with Crippen molar-refractivity contribution in [2.24, 2.45) is 5.73 Å². The summed E-state index contributed by atoms with van der Waals surface area (Å²) in [4.78, 5) is 11.2. The summed E-state index contributed by atoms with van der Waals surface area (Å²) in [6.45, 7) is 5.64. The fraction of sp³-hybridized carbons (Fsp3) is 0.714. The zero-order valence-corrected chi connectivity index (χ0v) is 11.9. The molecule has 5 heteroatoms. The number of nitrogens with zero attached hydrogens (tertiary/aromatic N) is 3. The predicted molar refractivity (Wildman–Crippen MR) is 76.5 cm³/mol. The van der Waals surface area contributed by atoms with Gasteiger partial charge in [-0.25, -0.2) is 4.98 Å². The maximum atomic E-state index is 5.97. The van der Waals surface area contributed by atoms with Gasteiger partial charge in [-0.2, -0.15) is 4.98 Å². The van der Waals surface area contributed by atoms with Gasteiger partial charge in [0.25, 0.3) is 0 Å². The van der Waals surface area contributed by atoms with Crippen LogP contribution in [-0.4, -0.2) is 35.2 Å². The molecular weight excluding hydrogens is 240 g/mol. The first-order chi connectivity index (χ1) is 9.24. The summed E-state index contributed by atoms with van der Waals surface area (Å²) >= 11 is 0. The molecule has 0 atom stereocenters. The third kappa shape index (κ3) is 3.56. The second-order valence-electron chi connectivity index (χ2n) is 4.98. The Bertz CT molecular complexity index is 391. The van der Waals surface area contributed by atoms with E-state index in [9.17, 15) is 0 Å². The monoisotopic (exact) mass is 264 g/mol. The number of ether oxygens (including phenoxy) is 1. The summed E-state index contributed by atoms with van der Waals surface area (Å²) in [7, 11) is 0. The van der Waals surface area contributed by atoms with Gasteiger partial charge in [0.05, 0.1) is 6.61 Å². The molecule has 1 aliphatic carbocycles. The molecule has 1 aromatic rings. The Morgan fingerprint density at radius 2 is 2.05 bits per heavy atom. The van der Waals surface area contributed by atoms with Crippen LogP contribution in [0.15, 0.2) is 12.3 Å². The number of anilines is 1. The van der Waals surface area contributed by atoms with Crippen LogP contribution in [0.2, 0.25) is 0 Å². The second-order valence-corrected chi connectivity index (χ2v) is 4.98. The minimum atomic E-state index is 0.366. The van der Waals surface area contributed by atoms with Gasteiger partial charge in [0, 0.05) is 30.9 Å². The Hall–Kier alpha value is -1.36. The Morgan fingerprint density at radius 1 is 1.32 bits per heavy atom. The maximum absolute atomic E-state index is 5.97. The predicted octanol–water partition coefficient (Wildman–Crippen LogP) is 1.97. The average Bonchev–Trinajstić information content (AvgIpc) is 2.43. The molecule has 0 aromatic carbocycles. The Labute approximate surface area is 115 Å². The number of hydrogen-bond donors (Lipinski definition) is 1. The van der Waals surface area contributed by atoms with Crippen LogP contribution in [-0.2, 0) is 0 Å². The molecule has 0 aliphatic heterocycles. The first-order valence-electron chi connectivity index (χ1n) is 7.22. The van der Waals surface area contributed by atoms with E-state index in [0.29, 0.717) is 24.6 Å². The molecule has 1 fully saturated rings. The van der Waals surface area contributed by atoms with E-state index < -0.39 is 0 Å². The van der Waals surface area contributed by atoms with Gasteiger partial charge in [0.15, 0.2) is 0 Å². The van der Waals surface area contributed by atoms with Crippen LogP contribution in [0.1, 0.15) is 39.5 Å². The van der Waals surface area contributed by atoms with Crippen LogP contribution in [0.25, 0.3) is 0 Å². The summed E-state index contributed by atoms with van der Waals surface area (Å²) in [5.41, 5.74) is 5.97. The molecule has 0 unspecified atom stereocenters. The molecule has 2 rings (SSSR count). The molecule has 1 saturated carbocycles. The van der Waals surface area contributed by atoms with Gasteiger partial charge in [-0.05, 0) is 39.5 Å². The molecule has 0 amide bonds. The van der Waals surface area contributed by atoms with Crippen LogP contribution in [0.5, 0.6) is 5.88 Å². The zero-order chi connectivity index (χ0) is 13.7. The molecule has 0 saturated heterocycles. The number of hydrogen-bond acceptors (Lipinski definition) is 5. The summed E-state index contributed by atoms with van der Waals surface area (Å²) < 4.78 is 5.45. The van der Waals surface area contributed by atoms with Crippen LogP contribution >= 0.6 is 0 Å². The van der Waals surface area contributed by atoms with E-state index in [1.807, 2.05) is 6.92 Å². The molecule has 1 heterocycles. The van der Waals surface area contributed by atoms with Crippen LogP contribution in [0.3, 0.4) is 0 Å². The number of aromatic nitrogens is 2. The first kappa shape index (κ1) is 14.1. The molecular formula is C14H24N4O. The largest absolute Gasteiger partial charge is 0.478 e. The lowest BCUT2D eigenvalue weighted by atomic mass is 9.91. The van der Waals surface area contributed by atoms with Gasteiger partial charge in [-0.3, -0.25) is 0 Å². The van der Waals surface area contributed by atoms with E-state index >= 15 is 0 Å². The van der Waals surface area contributed by atoms with Gasteiger partial charge in [0.2, 0.25) is 11.8 Å². The molecule has 0 radical (unpaired) electrons. The fourth-order valence-electron chi connectivity index (χ4n) is 2.68. The van der Waals surface area contributed by atoms with Crippen molar-refractivity contribution in [1.82, 2.24) is 9.97 Å². The lowest BCUT2D eigenvalue weighted by Crippen LogP contribution is -2.41. The van der Waals surface area contributed by atoms with Crippen molar-refractivity contribution in [3.63, 3.8) is 0 Å². The van der Waals surface area contributed by atoms with E-state index in [2.05, 4.69) is 21.8 Å². The normalized spacial score (nSPS) is 23.1. The lowest BCUT2D eigenvalue weighted by Gasteiger charge is -2.35. The smallest absolute Gasteiger partial charge is 0.228 e. The van der Waals surface area contributed by atoms with Crippen molar-refractivity contribution < 1.29 is 4.74 Å². The first-order valence-corrected chi connectivity index (χ1v) is 7.22. The van der Waals surface area contributed by atoms with Gasteiger partial charge < -0.3 is 15.4 Å². The van der Waals surface area contributed by atoms with E-state index in [4.69, 9.17) is 10.5 Å². The van der Waals surface area contributed by atoms with Gasteiger partial charge in [-0.1, -0.05) is 0 Å². The van der Waals surface area contributed by atoms with Gasteiger partial charge in [-0.15, -0.1) is 0 Å². The van der Waals surface area contributed by atoms with Gasteiger partial charge in [0.1, 0.15) is 0 Å². The van der Waals surface area contributed by atoms with Crippen LogP contribution < -0.4 is 15.4 Å². The number of rotatable bonds is 5. The molecule has 5 nitrogen and oxygen atoms in total. The van der Waals surface area contributed by atoms with Crippen molar-refractivity contribution in [3.8, 4) is 5.88 Å². The van der Waals surface area contributed by atoms with E-state index in [-0.39, 0.29) is 0 Å². The molecule has 19 heavy (non-hydrogen) atoms. The van der Waals surface area contributed by atoms with Crippen LogP contribution in [0.4, 0.5) is 5.95 Å². The lowest BCUT2D eigenvalue weighted by molar-refractivity contribution is 0.324.